The van der Waals surface area contributed by atoms with E-state index in [9.17, 15) is 0 Å². The average molecular weight is 852 g/mol. The number of rotatable bonds is 0. The summed E-state index contributed by atoms with van der Waals surface area (Å²) in [6.07, 6.45) is -11.0. The standard InChI is InChI=1S/6CH2O3.20Na.20H/c6*2-1(3)4;;;;;;;;;;;;;;;;;;;;;;;;;;;;;;;;;;;;;;;;/h6*(H2,2,3,4);;;;;;;;;;;;;;;;;;;;;;;;;;;;;;;;;;;;;;;;. The Morgan fingerprint density at radius 1 is 0.159 bits per heavy atom. The number of hydrogen-bond donors (Lipinski definition) is 12. The van der Waals surface area contributed by atoms with Crippen molar-refractivity contribution in [1.82, 2.24) is 0 Å². The second kappa shape index (κ2) is 172. The molecule has 44 heavy (non-hydrogen) atoms. The maximum absolute atomic E-state index is 8.56. The molecule has 0 saturated heterocycles. The molecule has 38 heteroatoms. The first-order valence-electron chi connectivity index (χ1n) is 3.91. The van der Waals surface area contributed by atoms with Gasteiger partial charge in [-0.3, -0.25) is 0 Å². The van der Waals surface area contributed by atoms with Gasteiger partial charge in [0.15, 0.2) is 0 Å². The average Bonchev–Trinajstić information content (AvgIpc) is 2.08. The monoisotopic (exact) mass is 852 g/mol. The zero-order chi connectivity index (χ0) is 21.5. The molecule has 0 fully saturated rings. The fraction of sp³-hybridized carbons (Fsp3) is 0. The molecular formula is C6H32Na20O18. The van der Waals surface area contributed by atoms with Gasteiger partial charge in [-0.15, -0.1) is 0 Å². The minimum absolute atomic E-state index is 0. The van der Waals surface area contributed by atoms with Crippen molar-refractivity contribution in [3.8, 4) is 0 Å². The van der Waals surface area contributed by atoms with Gasteiger partial charge in [-0.2, -0.15) is 0 Å². The Bertz CT molecular complexity index is 294. The Balaban J connectivity index is -0.00000000337. The molecular weight excluding hydrogens is 820 g/mol. The Labute approximate surface area is 696 Å². The molecule has 0 aliphatic heterocycles. The van der Waals surface area contributed by atoms with Gasteiger partial charge < -0.3 is 61.3 Å². The van der Waals surface area contributed by atoms with E-state index >= 15 is 0 Å². The van der Waals surface area contributed by atoms with Gasteiger partial charge in [0.1, 0.15) is 0 Å². The summed E-state index contributed by atoms with van der Waals surface area (Å²) < 4.78 is 0. The van der Waals surface area contributed by atoms with Gasteiger partial charge in [-0.05, 0) is 0 Å². The van der Waals surface area contributed by atoms with Crippen molar-refractivity contribution < 1.29 is 90.0 Å². The summed E-state index contributed by atoms with van der Waals surface area (Å²) in [6.45, 7) is 0. The molecule has 184 valence electrons. The van der Waals surface area contributed by atoms with Crippen molar-refractivity contribution in [3.05, 3.63) is 0 Å². The first-order chi connectivity index (χ1) is 10.4. The molecule has 12 N–H and O–H groups in total. The van der Waals surface area contributed by atoms with Crippen LogP contribution in [0.15, 0.2) is 0 Å². The van der Waals surface area contributed by atoms with E-state index in [1.165, 1.54) is 0 Å². The van der Waals surface area contributed by atoms with Crippen LogP contribution in [0.25, 0.3) is 0 Å². The summed E-state index contributed by atoms with van der Waals surface area (Å²) in [5.74, 6) is 0. The molecule has 0 aromatic heterocycles. The van der Waals surface area contributed by atoms with E-state index in [4.69, 9.17) is 90.0 Å². The number of hydrogen-bond acceptors (Lipinski definition) is 6. The molecule has 0 spiro atoms. The summed E-state index contributed by atoms with van der Waals surface area (Å²) in [7, 11) is 0. The first kappa shape index (κ1) is 181. The van der Waals surface area contributed by atoms with E-state index in [1.807, 2.05) is 0 Å². The van der Waals surface area contributed by atoms with Crippen LogP contribution in [0.4, 0.5) is 28.8 Å². The molecule has 0 radical (unpaired) electrons. The van der Waals surface area contributed by atoms with Gasteiger partial charge in [0.2, 0.25) is 0 Å². The van der Waals surface area contributed by atoms with Crippen molar-refractivity contribution in [2.75, 3.05) is 0 Å². The molecule has 0 saturated carbocycles. The predicted molar refractivity (Wildman–Crippen MR) is 207 cm³/mol. The summed E-state index contributed by atoms with van der Waals surface area (Å²) in [6, 6.07) is 0. The normalized spacial score (nSPS) is 3.27. The third-order valence-corrected chi connectivity index (χ3v) is 0. The quantitative estimate of drug-likeness (QED) is 0.101. The molecule has 0 amide bonds. The Hall–Kier alpha value is 15.6. The molecule has 0 aliphatic rings. The van der Waals surface area contributed by atoms with Crippen molar-refractivity contribution in [3.63, 3.8) is 0 Å². The van der Waals surface area contributed by atoms with Crippen LogP contribution in [0, 0.1) is 0 Å². The molecule has 0 unspecified atom stereocenters. The molecule has 0 bridgehead atoms. The van der Waals surface area contributed by atoms with E-state index < -0.39 is 36.9 Å². The molecule has 18 nitrogen and oxygen atoms in total. The zero-order valence-electron chi connectivity index (χ0n) is 10.8. The molecule has 0 aromatic carbocycles. The van der Waals surface area contributed by atoms with Crippen LogP contribution in [0.1, 0.15) is 0 Å². The van der Waals surface area contributed by atoms with Crippen LogP contribution >= 0.6 is 0 Å². The van der Waals surface area contributed by atoms with E-state index in [1.54, 1.807) is 0 Å². The SMILES string of the molecule is O=C(O)O.O=C(O)O.O=C(O)O.O=C(O)O.O=C(O)O.O=C(O)O.[NaH].[NaH].[NaH].[NaH].[NaH].[NaH].[NaH].[NaH].[NaH].[NaH].[NaH].[NaH].[NaH].[NaH].[NaH].[NaH].[NaH].[NaH].[NaH].[NaH]. The van der Waals surface area contributed by atoms with Crippen LogP contribution in [0.5, 0.6) is 0 Å². The number of carbonyl (C=O) groups is 6. The van der Waals surface area contributed by atoms with Crippen molar-refractivity contribution in [2.24, 2.45) is 0 Å². The number of carboxylic acid groups (broad SMARTS) is 12. The van der Waals surface area contributed by atoms with Crippen molar-refractivity contribution >= 4 is 628 Å². The summed E-state index contributed by atoms with van der Waals surface area (Å²) >= 11 is 0. The van der Waals surface area contributed by atoms with Crippen LogP contribution in [0.3, 0.4) is 0 Å². The zero-order valence-corrected chi connectivity index (χ0v) is 10.8. The van der Waals surface area contributed by atoms with Crippen molar-refractivity contribution in [1.29, 1.82) is 0 Å². The Morgan fingerprint density at radius 2 is 0.159 bits per heavy atom. The van der Waals surface area contributed by atoms with E-state index in [0.717, 1.165) is 0 Å². The Kier molecular flexibility index (Phi) is 709. The van der Waals surface area contributed by atoms with E-state index in [2.05, 4.69) is 0 Å². The van der Waals surface area contributed by atoms with Crippen molar-refractivity contribution in [2.45, 2.75) is 0 Å². The van der Waals surface area contributed by atoms with Gasteiger partial charge in [-0.1, -0.05) is 0 Å². The molecule has 0 rings (SSSR count). The van der Waals surface area contributed by atoms with Gasteiger partial charge in [0, 0.05) is 0 Å². The fourth-order valence-electron chi connectivity index (χ4n) is 0. The molecule has 0 aliphatic carbocycles. The maximum atomic E-state index is 8.56. The third-order valence-electron chi connectivity index (χ3n) is 0. The predicted octanol–water partition coefficient (Wildman–Crippen LogP) is -11.6. The van der Waals surface area contributed by atoms with Gasteiger partial charge in [-0.25, -0.2) is 28.8 Å². The third kappa shape index (κ3) is 757. The van der Waals surface area contributed by atoms with Gasteiger partial charge in [0.25, 0.3) is 0 Å². The van der Waals surface area contributed by atoms with Gasteiger partial charge in [0.05, 0.1) is 0 Å². The summed E-state index contributed by atoms with van der Waals surface area (Å²) in [5, 5.41) is 83.7. The van der Waals surface area contributed by atoms with Crippen LogP contribution in [0.2, 0.25) is 0 Å². The second-order valence-corrected chi connectivity index (χ2v) is 1.70. The van der Waals surface area contributed by atoms with Crippen LogP contribution < -0.4 is 0 Å². The second-order valence-electron chi connectivity index (χ2n) is 1.70. The van der Waals surface area contributed by atoms with E-state index in [-0.39, 0.29) is 591 Å². The molecule has 0 heterocycles. The van der Waals surface area contributed by atoms with E-state index in [0.29, 0.717) is 0 Å². The fourth-order valence-corrected chi connectivity index (χ4v) is 0. The topological polar surface area (TPSA) is 345 Å². The minimum atomic E-state index is -1.83. The summed E-state index contributed by atoms with van der Waals surface area (Å²) in [5.41, 5.74) is 0. The van der Waals surface area contributed by atoms with Crippen LogP contribution in [-0.2, 0) is 0 Å². The molecule has 0 atom stereocenters. The molecule has 0 aromatic rings. The summed E-state index contributed by atoms with van der Waals surface area (Å²) in [4.78, 5) is 51.3. The van der Waals surface area contributed by atoms with Gasteiger partial charge >= 0.3 is 628 Å². The Morgan fingerprint density at radius 3 is 0.159 bits per heavy atom. The van der Waals surface area contributed by atoms with Crippen LogP contribution in [-0.4, -0.2) is 689 Å². The first-order valence-corrected chi connectivity index (χ1v) is 3.91.